The van der Waals surface area contributed by atoms with Crippen LogP contribution in [0.2, 0.25) is 0 Å². The SMILES string of the molecule is Cc1ccc(C(=O)N(OS(=O)(=O)ON(C(=O)c2ccc(C)c(-c3nc(NCc4ncc[nH]4)nc4c3ccc(=O)n4-c3c(F)cccc3F)c2)c2nccs2)c2nccs2)cc1-c1nc(NCc2ncc[nH]2)nc2c1ccc(=O)n2-c1c(F)cccc1F. The van der Waals surface area contributed by atoms with Gasteiger partial charge in [0.25, 0.3) is 22.9 Å². The molecule has 0 radical (unpaired) electrons. The molecule has 4 N–H and O–H groups in total. The van der Waals surface area contributed by atoms with Crippen LogP contribution in [0.4, 0.5) is 39.7 Å². The zero-order valence-electron chi connectivity index (χ0n) is 44.6. The maximum absolute atomic E-state index is 15.5. The van der Waals surface area contributed by atoms with Crippen molar-refractivity contribution in [1.82, 2.24) is 59.0 Å². The number of carbonyl (C=O) groups excluding carboxylic acids is 2. The normalized spacial score (nSPS) is 11.6. The number of hydrogen-bond donors (Lipinski definition) is 4. The van der Waals surface area contributed by atoms with Gasteiger partial charge in [0.1, 0.15) is 46.3 Å². The van der Waals surface area contributed by atoms with Gasteiger partial charge in [-0.1, -0.05) is 24.3 Å². The fourth-order valence-corrected chi connectivity index (χ4v) is 11.1. The topological polar surface area (TPSA) is 296 Å². The predicted molar refractivity (Wildman–Crippen MR) is 311 cm³/mol. The molecule has 0 saturated heterocycles. The van der Waals surface area contributed by atoms with E-state index in [0.29, 0.717) is 32.9 Å². The van der Waals surface area contributed by atoms with Crippen LogP contribution >= 0.6 is 22.7 Å². The van der Waals surface area contributed by atoms with Crippen molar-refractivity contribution in [2.45, 2.75) is 26.9 Å². The number of benzene rings is 4. The van der Waals surface area contributed by atoms with Gasteiger partial charge in [0.15, 0.2) is 11.3 Å². The molecule has 31 heteroatoms. The van der Waals surface area contributed by atoms with Gasteiger partial charge in [0, 0.05) is 93.1 Å². The predicted octanol–water partition coefficient (Wildman–Crippen LogP) is 9.07. The van der Waals surface area contributed by atoms with Crippen LogP contribution in [0.5, 0.6) is 0 Å². The van der Waals surface area contributed by atoms with Crippen molar-refractivity contribution in [3.8, 4) is 33.9 Å². The van der Waals surface area contributed by atoms with Crippen LogP contribution in [0, 0.1) is 37.1 Å². The number of imidazole rings is 2. The summed E-state index contributed by atoms with van der Waals surface area (Å²) in [6.45, 7) is 3.38. The molecule has 12 aromatic rings. The van der Waals surface area contributed by atoms with Crippen LogP contribution < -0.4 is 31.9 Å². The molecule has 12 rings (SSSR count). The minimum absolute atomic E-state index is 0.0248. The quantitative estimate of drug-likeness (QED) is 0.0460. The molecule has 0 aliphatic heterocycles. The summed E-state index contributed by atoms with van der Waals surface area (Å²) < 4.78 is 103. The lowest BCUT2D eigenvalue weighted by molar-refractivity contribution is 0.0805. The van der Waals surface area contributed by atoms with E-state index in [2.05, 4.69) is 50.5 Å². The Hall–Kier alpha value is -10.7. The highest BCUT2D eigenvalue weighted by atomic mass is 32.3. The maximum atomic E-state index is 15.5. The third-order valence-electron chi connectivity index (χ3n) is 13.1. The number of pyridine rings is 2. The number of para-hydroxylation sites is 2. The van der Waals surface area contributed by atoms with Crippen LogP contribution in [-0.2, 0) is 32.1 Å². The monoisotopic (exact) mass is 1230 g/mol. The van der Waals surface area contributed by atoms with E-state index < -0.39 is 68.0 Å². The number of nitrogens with zero attached hydrogens (tertiary/aromatic N) is 12. The molecule has 87 heavy (non-hydrogen) atoms. The van der Waals surface area contributed by atoms with Gasteiger partial charge in [-0.15, -0.1) is 41.4 Å². The van der Waals surface area contributed by atoms with E-state index in [1.54, 1.807) is 26.2 Å². The van der Waals surface area contributed by atoms with E-state index in [0.717, 1.165) is 80.3 Å². The number of fused-ring (bicyclic) bond motifs is 2. The number of halogens is 4. The second-order valence-corrected chi connectivity index (χ2v) is 21.5. The zero-order valence-corrected chi connectivity index (χ0v) is 47.1. The summed E-state index contributed by atoms with van der Waals surface area (Å²) in [4.78, 5) is 98.0. The molecule has 0 saturated carbocycles. The zero-order chi connectivity index (χ0) is 60.7. The average Bonchev–Trinajstić information content (AvgIpc) is 1.30. The van der Waals surface area contributed by atoms with Crippen molar-refractivity contribution in [3.05, 3.63) is 223 Å². The Bertz CT molecular complexity index is 4540. The molecule has 24 nitrogen and oxygen atoms in total. The van der Waals surface area contributed by atoms with Crippen LogP contribution in [0.3, 0.4) is 0 Å². The molecule has 2 amide bonds. The number of amides is 2. The molecular formula is C56H38F4N16O8S3. The van der Waals surface area contributed by atoms with Crippen molar-refractivity contribution in [1.29, 1.82) is 0 Å². The Balaban J connectivity index is 0.899. The van der Waals surface area contributed by atoms with Crippen molar-refractivity contribution < 1.29 is 44.1 Å². The first-order valence-electron chi connectivity index (χ1n) is 25.5. The van der Waals surface area contributed by atoms with Gasteiger partial charge in [-0.3, -0.25) is 28.3 Å². The molecule has 4 aromatic carbocycles. The van der Waals surface area contributed by atoms with E-state index in [-0.39, 0.29) is 91.0 Å². The third kappa shape index (κ3) is 11.3. The summed E-state index contributed by atoms with van der Waals surface area (Å²) in [7, 11) is -5.60. The van der Waals surface area contributed by atoms with Crippen molar-refractivity contribution in [2.75, 3.05) is 20.8 Å². The van der Waals surface area contributed by atoms with Crippen molar-refractivity contribution in [2.24, 2.45) is 0 Å². The highest BCUT2D eigenvalue weighted by Crippen LogP contribution is 2.36. The number of aryl methyl sites for hydroxylation is 2. The second-order valence-electron chi connectivity index (χ2n) is 18.6. The number of thiazole rings is 2. The summed E-state index contributed by atoms with van der Waals surface area (Å²) in [6, 6.07) is 19.4. The highest BCUT2D eigenvalue weighted by Gasteiger charge is 2.35. The molecule has 0 fully saturated rings. The first-order valence-corrected chi connectivity index (χ1v) is 28.6. The highest BCUT2D eigenvalue weighted by molar-refractivity contribution is 7.82. The molecule has 0 aliphatic rings. The van der Waals surface area contributed by atoms with Crippen LogP contribution in [0.1, 0.15) is 43.5 Å². The van der Waals surface area contributed by atoms with E-state index in [1.807, 2.05) is 0 Å². The molecule has 0 aliphatic carbocycles. The second kappa shape index (κ2) is 23.4. The molecular weight excluding hydrogens is 1200 g/mol. The minimum Gasteiger partial charge on any atom is -0.347 e. The van der Waals surface area contributed by atoms with E-state index in [1.165, 1.54) is 84.1 Å². The van der Waals surface area contributed by atoms with E-state index >= 15 is 17.6 Å². The smallest absolute Gasteiger partial charge is 0.347 e. The van der Waals surface area contributed by atoms with Gasteiger partial charge < -0.3 is 20.6 Å². The lowest BCUT2D eigenvalue weighted by atomic mass is 9.99. The molecule has 0 bridgehead atoms. The number of H-pyrrole nitrogens is 2. The average molecular weight is 1240 g/mol. The van der Waals surface area contributed by atoms with Crippen molar-refractivity contribution in [3.63, 3.8) is 0 Å². The van der Waals surface area contributed by atoms with Gasteiger partial charge >= 0.3 is 10.4 Å². The number of anilines is 4. The van der Waals surface area contributed by atoms with Crippen LogP contribution in [-0.4, -0.2) is 79.2 Å². The van der Waals surface area contributed by atoms with Gasteiger partial charge in [-0.2, -0.15) is 18.4 Å². The number of aromatic nitrogens is 12. The number of hydroxylamine groups is 2. The summed E-state index contributed by atoms with van der Waals surface area (Å²) in [5.74, 6) is -5.92. The van der Waals surface area contributed by atoms with Gasteiger partial charge in [-0.05, 0) is 85.6 Å². The molecule has 8 heterocycles. The molecule has 0 atom stereocenters. The number of hydrogen-bond acceptors (Lipinski definition) is 20. The molecule has 0 spiro atoms. The number of carbonyl (C=O) groups is 2. The number of rotatable bonds is 18. The fraction of sp³-hybridized carbons (Fsp3) is 0.0714. The van der Waals surface area contributed by atoms with Gasteiger partial charge in [-0.25, -0.2) is 47.5 Å². The first kappa shape index (κ1) is 56.7. The number of nitrogens with one attached hydrogen (secondary N) is 4. The molecule has 0 unspecified atom stereocenters. The summed E-state index contributed by atoms with van der Waals surface area (Å²) in [5, 5.41) is 9.05. The standard InChI is InChI=1S/C56H38F4N16O8S3/c1-29-9-11-31(25-35(29)45-33-13-15-43(77)73(47-37(57)5-3-6-38(47)58)49(33)71-53(69-45)67-27-41-61-17-18-62-41)51(79)75(55-65-21-23-85-55)83-87(81,82)84-76(56-66-22-24-86-56)52(80)32-12-10-30(2)36(26-32)46-34-14-16-44(78)74(48-39(59)7-4-8-40(48)60)50(34)72-54(70-46)68-28-42-63-19-20-64-42/h3-26H,27-28H2,1-2H3,(H,61,62)(H,63,64)(H,67,69,71)(H,68,70,72). The first-order chi connectivity index (χ1) is 42.0. The molecule has 436 valence electrons. The number of aromatic amines is 2. The maximum Gasteiger partial charge on any atom is 0.443 e. The minimum atomic E-state index is -5.60. The third-order valence-corrected chi connectivity index (χ3v) is 15.3. The lowest BCUT2D eigenvalue weighted by Crippen LogP contribution is -2.39. The largest absolute Gasteiger partial charge is 0.443 e. The summed E-state index contributed by atoms with van der Waals surface area (Å²) in [6.07, 6.45) is 8.71. The van der Waals surface area contributed by atoms with Gasteiger partial charge in [0.2, 0.25) is 22.2 Å². The molecule has 8 aromatic heterocycles. The Morgan fingerprint density at radius 2 is 0.977 bits per heavy atom. The van der Waals surface area contributed by atoms with E-state index in [4.69, 9.17) is 18.5 Å². The summed E-state index contributed by atoms with van der Waals surface area (Å²) >= 11 is 1.58. The van der Waals surface area contributed by atoms with E-state index in [9.17, 15) is 27.6 Å². The van der Waals surface area contributed by atoms with Gasteiger partial charge in [0.05, 0.1) is 24.5 Å². The Morgan fingerprint density at radius 3 is 1.34 bits per heavy atom. The van der Waals surface area contributed by atoms with Crippen LogP contribution in [0.25, 0.3) is 56.0 Å². The Kier molecular flexibility index (Phi) is 15.2. The Morgan fingerprint density at radius 1 is 0.563 bits per heavy atom. The Labute approximate surface area is 494 Å². The van der Waals surface area contributed by atoms with Crippen LogP contribution in [0.15, 0.2) is 155 Å². The fourth-order valence-electron chi connectivity index (χ4n) is 9.14. The lowest BCUT2D eigenvalue weighted by Gasteiger charge is -2.22. The van der Waals surface area contributed by atoms with Crippen molar-refractivity contribution >= 4 is 89.1 Å². The summed E-state index contributed by atoms with van der Waals surface area (Å²) in [5.41, 5.74) is -2.59.